The molecule has 2 atom stereocenters. The second kappa shape index (κ2) is 3.28. The molecule has 3 saturated heterocycles. The highest BCUT2D eigenvalue weighted by molar-refractivity contribution is 6.06. The zero-order valence-corrected chi connectivity index (χ0v) is 8.73. The van der Waals surface area contributed by atoms with Gasteiger partial charge in [-0.3, -0.25) is 19.7 Å². The number of nitrogens with zero attached hydrogens (tertiary/aromatic N) is 1. The summed E-state index contributed by atoms with van der Waals surface area (Å²) in [5, 5.41) is 5.35. The van der Waals surface area contributed by atoms with Gasteiger partial charge in [0.05, 0.1) is 17.8 Å². The van der Waals surface area contributed by atoms with E-state index in [-0.39, 0.29) is 35.5 Å². The van der Waals surface area contributed by atoms with Crippen molar-refractivity contribution in [2.45, 2.75) is 0 Å². The quantitative estimate of drug-likeness (QED) is 0.501. The van der Waals surface area contributed by atoms with E-state index in [1.54, 1.807) is 4.90 Å². The fraction of sp³-hybridized carbons (Fsp3) is 0.700. The molecular weight excluding hydrogens is 210 g/mol. The normalized spacial score (nSPS) is 33.6. The minimum absolute atomic E-state index is 0.0389. The maximum atomic E-state index is 11.9. The van der Waals surface area contributed by atoms with E-state index in [1.165, 1.54) is 0 Å². The molecule has 0 spiro atoms. The van der Waals surface area contributed by atoms with Crippen molar-refractivity contribution in [3.8, 4) is 0 Å². The molecule has 0 aliphatic carbocycles. The Morgan fingerprint density at radius 3 is 2.12 bits per heavy atom. The second-order valence-corrected chi connectivity index (χ2v) is 4.66. The van der Waals surface area contributed by atoms with Crippen LogP contribution in [0.1, 0.15) is 0 Å². The van der Waals surface area contributed by atoms with Crippen LogP contribution in [0.3, 0.4) is 0 Å². The third-order valence-corrected chi connectivity index (χ3v) is 3.68. The summed E-state index contributed by atoms with van der Waals surface area (Å²) < 4.78 is 0. The molecule has 0 aromatic carbocycles. The SMILES string of the molecule is O=C1NC(=O)C2CN(C(=O)C3CNC3)CC12. The lowest BCUT2D eigenvalue weighted by atomic mass is 10.00. The van der Waals surface area contributed by atoms with Gasteiger partial charge in [0.2, 0.25) is 17.7 Å². The summed E-state index contributed by atoms with van der Waals surface area (Å²) >= 11 is 0. The first-order valence-corrected chi connectivity index (χ1v) is 5.51. The van der Waals surface area contributed by atoms with Crippen LogP contribution < -0.4 is 10.6 Å². The van der Waals surface area contributed by atoms with Gasteiger partial charge < -0.3 is 10.2 Å². The number of imide groups is 1. The summed E-state index contributed by atoms with van der Waals surface area (Å²) in [6, 6.07) is 0. The lowest BCUT2D eigenvalue weighted by Gasteiger charge is -2.30. The molecule has 0 aromatic heterocycles. The summed E-state index contributed by atoms with van der Waals surface area (Å²) in [4.78, 5) is 36.4. The Labute approximate surface area is 92.4 Å². The van der Waals surface area contributed by atoms with Crippen LogP contribution in [-0.4, -0.2) is 48.8 Å². The molecule has 0 bridgehead atoms. The third-order valence-electron chi connectivity index (χ3n) is 3.68. The summed E-state index contributed by atoms with van der Waals surface area (Å²) in [5.74, 6) is -0.964. The number of hydrogen-bond donors (Lipinski definition) is 2. The van der Waals surface area contributed by atoms with Gasteiger partial charge in [0, 0.05) is 26.2 Å². The Bertz CT molecular complexity index is 356. The molecule has 3 rings (SSSR count). The van der Waals surface area contributed by atoms with E-state index in [1.807, 2.05) is 0 Å². The molecular formula is C10H13N3O3. The van der Waals surface area contributed by atoms with E-state index in [0.29, 0.717) is 26.2 Å². The van der Waals surface area contributed by atoms with Gasteiger partial charge in [-0.25, -0.2) is 0 Å². The van der Waals surface area contributed by atoms with Crippen LogP contribution in [0, 0.1) is 17.8 Å². The number of fused-ring (bicyclic) bond motifs is 1. The van der Waals surface area contributed by atoms with Gasteiger partial charge in [0.15, 0.2) is 0 Å². The van der Waals surface area contributed by atoms with Crippen molar-refractivity contribution in [2.75, 3.05) is 26.2 Å². The average Bonchev–Trinajstić information content (AvgIpc) is 2.67. The van der Waals surface area contributed by atoms with E-state index in [9.17, 15) is 14.4 Å². The van der Waals surface area contributed by atoms with Gasteiger partial charge in [-0.1, -0.05) is 0 Å². The predicted octanol–water partition coefficient (Wildman–Crippen LogP) is -2.06. The van der Waals surface area contributed by atoms with Gasteiger partial charge in [-0.15, -0.1) is 0 Å². The lowest BCUT2D eigenvalue weighted by molar-refractivity contribution is -0.136. The molecule has 6 heteroatoms. The van der Waals surface area contributed by atoms with Crippen molar-refractivity contribution in [2.24, 2.45) is 17.8 Å². The zero-order chi connectivity index (χ0) is 11.3. The van der Waals surface area contributed by atoms with E-state index >= 15 is 0 Å². The number of likely N-dealkylation sites (tertiary alicyclic amines) is 1. The smallest absolute Gasteiger partial charge is 0.232 e. The Hall–Kier alpha value is -1.43. The zero-order valence-electron chi connectivity index (χ0n) is 8.73. The van der Waals surface area contributed by atoms with Crippen molar-refractivity contribution in [3.63, 3.8) is 0 Å². The minimum atomic E-state index is -0.315. The van der Waals surface area contributed by atoms with Crippen molar-refractivity contribution < 1.29 is 14.4 Å². The van der Waals surface area contributed by atoms with E-state index < -0.39 is 0 Å². The number of nitrogens with one attached hydrogen (secondary N) is 2. The maximum Gasteiger partial charge on any atom is 0.232 e. The Kier molecular flexibility index (Phi) is 2.00. The largest absolute Gasteiger partial charge is 0.341 e. The Balaban J connectivity index is 1.71. The van der Waals surface area contributed by atoms with Crippen LogP contribution in [-0.2, 0) is 14.4 Å². The highest BCUT2D eigenvalue weighted by atomic mass is 16.2. The maximum absolute atomic E-state index is 11.9. The summed E-state index contributed by atoms with van der Waals surface area (Å²) in [6.07, 6.45) is 0. The molecule has 2 unspecified atom stereocenters. The molecule has 3 heterocycles. The van der Waals surface area contributed by atoms with Gasteiger partial charge >= 0.3 is 0 Å². The van der Waals surface area contributed by atoms with Gasteiger partial charge in [0.1, 0.15) is 0 Å². The number of hydrogen-bond acceptors (Lipinski definition) is 4. The fourth-order valence-corrected chi connectivity index (χ4v) is 2.54. The van der Waals surface area contributed by atoms with Crippen LogP contribution in [0.4, 0.5) is 0 Å². The van der Waals surface area contributed by atoms with E-state index in [0.717, 1.165) is 0 Å². The standard InChI is InChI=1S/C10H13N3O3/c14-8-6-3-13(4-7(6)9(15)12-8)10(16)5-1-11-2-5/h5-7,11H,1-4H2,(H,12,14,15). The summed E-state index contributed by atoms with van der Waals surface area (Å²) in [7, 11) is 0. The monoisotopic (exact) mass is 223 g/mol. The molecule has 86 valence electrons. The van der Waals surface area contributed by atoms with Crippen molar-refractivity contribution in [1.82, 2.24) is 15.5 Å². The summed E-state index contributed by atoms with van der Waals surface area (Å²) in [5.41, 5.74) is 0. The second-order valence-electron chi connectivity index (χ2n) is 4.66. The highest BCUT2D eigenvalue weighted by Gasteiger charge is 2.49. The van der Waals surface area contributed by atoms with Gasteiger partial charge in [-0.05, 0) is 0 Å². The van der Waals surface area contributed by atoms with E-state index in [2.05, 4.69) is 10.6 Å². The van der Waals surface area contributed by atoms with Crippen molar-refractivity contribution >= 4 is 17.7 Å². The first kappa shape index (κ1) is 9.77. The van der Waals surface area contributed by atoms with Crippen LogP contribution >= 0.6 is 0 Å². The van der Waals surface area contributed by atoms with Gasteiger partial charge in [-0.2, -0.15) is 0 Å². The number of rotatable bonds is 1. The molecule has 2 N–H and O–H groups in total. The number of amides is 3. The Morgan fingerprint density at radius 2 is 1.69 bits per heavy atom. The van der Waals surface area contributed by atoms with Crippen LogP contribution in [0.15, 0.2) is 0 Å². The van der Waals surface area contributed by atoms with Crippen LogP contribution in [0.2, 0.25) is 0 Å². The fourth-order valence-electron chi connectivity index (χ4n) is 2.54. The molecule has 0 saturated carbocycles. The molecule has 3 fully saturated rings. The number of carbonyl (C=O) groups excluding carboxylic acids is 3. The highest BCUT2D eigenvalue weighted by Crippen LogP contribution is 2.29. The molecule has 0 aromatic rings. The van der Waals surface area contributed by atoms with Gasteiger partial charge in [0.25, 0.3) is 0 Å². The predicted molar refractivity (Wildman–Crippen MR) is 53.1 cm³/mol. The van der Waals surface area contributed by atoms with Crippen LogP contribution in [0.25, 0.3) is 0 Å². The molecule has 3 aliphatic rings. The minimum Gasteiger partial charge on any atom is -0.341 e. The summed E-state index contributed by atoms with van der Waals surface area (Å²) in [6.45, 7) is 2.23. The molecule has 3 aliphatic heterocycles. The molecule has 3 amide bonds. The lowest BCUT2D eigenvalue weighted by Crippen LogP contribution is -2.52. The molecule has 6 nitrogen and oxygen atoms in total. The van der Waals surface area contributed by atoms with E-state index in [4.69, 9.17) is 0 Å². The third kappa shape index (κ3) is 1.26. The molecule has 0 radical (unpaired) electrons. The first-order valence-electron chi connectivity index (χ1n) is 5.51. The first-order chi connectivity index (χ1) is 7.66. The average molecular weight is 223 g/mol. The topological polar surface area (TPSA) is 78.5 Å². The Morgan fingerprint density at radius 1 is 1.12 bits per heavy atom. The number of carbonyl (C=O) groups is 3. The molecule has 16 heavy (non-hydrogen) atoms. The van der Waals surface area contributed by atoms with Crippen LogP contribution in [0.5, 0.6) is 0 Å². The van der Waals surface area contributed by atoms with Crippen molar-refractivity contribution in [3.05, 3.63) is 0 Å². The van der Waals surface area contributed by atoms with Crippen molar-refractivity contribution in [1.29, 1.82) is 0 Å².